The van der Waals surface area contributed by atoms with Crippen molar-refractivity contribution < 1.29 is 0 Å². The molecule has 2 nitrogen and oxygen atoms in total. The van der Waals surface area contributed by atoms with Crippen LogP contribution < -0.4 is 4.90 Å². The van der Waals surface area contributed by atoms with Gasteiger partial charge in [-0.2, -0.15) is 0 Å². The molecular formula is C13H17ClN2. The molecular weight excluding hydrogens is 220 g/mol. The van der Waals surface area contributed by atoms with Crippen LogP contribution in [0.5, 0.6) is 0 Å². The Morgan fingerprint density at radius 3 is 2.81 bits per heavy atom. The fraction of sp³-hybridized carbons (Fsp3) is 0.538. The molecule has 0 amide bonds. The second kappa shape index (κ2) is 4.27. The molecule has 2 aliphatic rings. The average Bonchev–Trinajstić information content (AvgIpc) is 2.73. The van der Waals surface area contributed by atoms with Crippen LogP contribution in [-0.4, -0.2) is 36.1 Å². The van der Waals surface area contributed by atoms with Crippen LogP contribution in [0.4, 0.5) is 5.69 Å². The van der Waals surface area contributed by atoms with E-state index in [-0.39, 0.29) is 0 Å². The normalized spacial score (nSPS) is 30.4. The second-order valence-corrected chi connectivity index (χ2v) is 5.40. The molecule has 2 aliphatic heterocycles. The number of hydrogen-bond acceptors (Lipinski definition) is 2. The Balaban J connectivity index is 1.73. The lowest BCUT2D eigenvalue weighted by Gasteiger charge is -2.30. The van der Waals surface area contributed by atoms with Gasteiger partial charge in [-0.15, -0.1) is 11.6 Å². The molecule has 2 unspecified atom stereocenters. The SMILES string of the molecule is ClC1CCN2CN(c3ccccc3)CC2C1. The molecule has 1 aromatic carbocycles. The zero-order chi connectivity index (χ0) is 11.0. The summed E-state index contributed by atoms with van der Waals surface area (Å²) in [4.78, 5) is 5.02. The van der Waals surface area contributed by atoms with Gasteiger partial charge in [0.05, 0.1) is 6.67 Å². The number of anilines is 1. The van der Waals surface area contributed by atoms with Crippen molar-refractivity contribution in [3.63, 3.8) is 0 Å². The molecule has 0 N–H and O–H groups in total. The van der Waals surface area contributed by atoms with E-state index in [0.29, 0.717) is 11.4 Å². The topological polar surface area (TPSA) is 6.48 Å². The van der Waals surface area contributed by atoms with E-state index >= 15 is 0 Å². The minimum atomic E-state index is 0.386. The number of alkyl halides is 1. The third kappa shape index (κ3) is 1.92. The van der Waals surface area contributed by atoms with E-state index in [1.807, 2.05) is 0 Å². The maximum atomic E-state index is 6.23. The maximum absolute atomic E-state index is 6.23. The van der Waals surface area contributed by atoms with Crippen molar-refractivity contribution in [2.24, 2.45) is 0 Å². The predicted molar refractivity (Wildman–Crippen MR) is 68.0 cm³/mol. The Labute approximate surface area is 102 Å². The highest BCUT2D eigenvalue weighted by Crippen LogP contribution is 2.29. The number of benzene rings is 1. The Bertz CT molecular complexity index is 354. The molecule has 0 bridgehead atoms. The lowest BCUT2D eigenvalue weighted by molar-refractivity contribution is 0.207. The standard InChI is InChI=1S/C13H17ClN2/c14-11-6-7-15-10-16(9-13(15)8-11)12-4-2-1-3-5-12/h1-5,11,13H,6-10H2. The maximum Gasteiger partial charge on any atom is 0.0710 e. The van der Waals surface area contributed by atoms with E-state index in [9.17, 15) is 0 Å². The molecule has 0 aromatic heterocycles. The third-order valence-electron chi connectivity index (χ3n) is 3.68. The van der Waals surface area contributed by atoms with Gasteiger partial charge >= 0.3 is 0 Å². The highest BCUT2D eigenvalue weighted by molar-refractivity contribution is 6.20. The van der Waals surface area contributed by atoms with Crippen LogP contribution in [0.25, 0.3) is 0 Å². The fourth-order valence-corrected chi connectivity index (χ4v) is 3.09. The second-order valence-electron chi connectivity index (χ2n) is 4.79. The van der Waals surface area contributed by atoms with Gasteiger partial charge in [0.1, 0.15) is 0 Å². The fourth-order valence-electron chi connectivity index (χ4n) is 2.78. The largest absolute Gasteiger partial charge is 0.357 e. The van der Waals surface area contributed by atoms with E-state index in [0.717, 1.165) is 32.6 Å². The van der Waals surface area contributed by atoms with E-state index in [1.54, 1.807) is 0 Å². The van der Waals surface area contributed by atoms with Gasteiger partial charge in [-0.05, 0) is 25.0 Å². The van der Waals surface area contributed by atoms with E-state index < -0.39 is 0 Å². The lowest BCUT2D eigenvalue weighted by atomic mass is 10.0. The van der Waals surface area contributed by atoms with Gasteiger partial charge in [-0.25, -0.2) is 0 Å². The summed E-state index contributed by atoms with van der Waals surface area (Å²) in [7, 11) is 0. The molecule has 3 heteroatoms. The van der Waals surface area contributed by atoms with E-state index in [1.165, 1.54) is 5.69 Å². The first-order valence-electron chi connectivity index (χ1n) is 6.01. The van der Waals surface area contributed by atoms with Crippen molar-refractivity contribution in [1.29, 1.82) is 0 Å². The minimum Gasteiger partial charge on any atom is -0.357 e. The van der Waals surface area contributed by atoms with Crippen molar-refractivity contribution in [2.45, 2.75) is 24.3 Å². The van der Waals surface area contributed by atoms with Gasteiger partial charge in [0.2, 0.25) is 0 Å². The number of hydrogen-bond donors (Lipinski definition) is 0. The summed E-state index contributed by atoms with van der Waals surface area (Å²) in [6.45, 7) is 3.35. The first-order chi connectivity index (χ1) is 7.83. The molecule has 0 aliphatic carbocycles. The zero-order valence-electron chi connectivity index (χ0n) is 9.35. The van der Waals surface area contributed by atoms with Gasteiger partial charge in [0.25, 0.3) is 0 Å². The van der Waals surface area contributed by atoms with Crippen LogP contribution in [0.3, 0.4) is 0 Å². The summed E-state index contributed by atoms with van der Waals surface area (Å²) in [6, 6.07) is 11.3. The molecule has 1 aromatic rings. The molecule has 2 atom stereocenters. The number of para-hydroxylation sites is 1. The van der Waals surface area contributed by atoms with Crippen LogP contribution >= 0.6 is 11.6 Å². The molecule has 0 radical (unpaired) electrons. The van der Waals surface area contributed by atoms with Gasteiger partial charge in [0.15, 0.2) is 0 Å². The monoisotopic (exact) mass is 236 g/mol. The third-order valence-corrected chi connectivity index (χ3v) is 4.08. The van der Waals surface area contributed by atoms with Gasteiger partial charge < -0.3 is 4.90 Å². The Morgan fingerprint density at radius 1 is 1.19 bits per heavy atom. The first kappa shape index (κ1) is 10.4. The molecule has 2 saturated heterocycles. The summed E-state index contributed by atoms with van der Waals surface area (Å²) < 4.78 is 0. The van der Waals surface area contributed by atoms with Crippen LogP contribution in [-0.2, 0) is 0 Å². The van der Waals surface area contributed by atoms with Crippen LogP contribution in [0.2, 0.25) is 0 Å². The number of piperidine rings is 1. The van der Waals surface area contributed by atoms with Crippen molar-refractivity contribution >= 4 is 17.3 Å². The Kier molecular flexibility index (Phi) is 2.78. The van der Waals surface area contributed by atoms with Crippen LogP contribution in [0.1, 0.15) is 12.8 Å². The van der Waals surface area contributed by atoms with Crippen molar-refractivity contribution in [3.8, 4) is 0 Å². The number of rotatable bonds is 1. The van der Waals surface area contributed by atoms with Crippen molar-refractivity contribution in [1.82, 2.24) is 4.90 Å². The number of fused-ring (bicyclic) bond motifs is 1. The van der Waals surface area contributed by atoms with Gasteiger partial charge in [0, 0.05) is 30.2 Å². The number of nitrogens with zero attached hydrogens (tertiary/aromatic N) is 2. The highest BCUT2D eigenvalue weighted by Gasteiger charge is 2.34. The van der Waals surface area contributed by atoms with Crippen molar-refractivity contribution in [2.75, 3.05) is 24.7 Å². The molecule has 2 heterocycles. The minimum absolute atomic E-state index is 0.386. The van der Waals surface area contributed by atoms with Crippen LogP contribution in [0, 0.1) is 0 Å². The smallest absolute Gasteiger partial charge is 0.0710 e. The quantitative estimate of drug-likeness (QED) is 0.692. The van der Waals surface area contributed by atoms with Gasteiger partial charge in [-0.3, -0.25) is 4.90 Å². The first-order valence-corrected chi connectivity index (χ1v) is 6.45. The Morgan fingerprint density at radius 2 is 2.00 bits per heavy atom. The van der Waals surface area contributed by atoms with Crippen molar-refractivity contribution in [3.05, 3.63) is 30.3 Å². The molecule has 86 valence electrons. The summed E-state index contributed by atoms with van der Waals surface area (Å²) in [5.74, 6) is 0. The molecule has 0 saturated carbocycles. The molecule has 0 spiro atoms. The van der Waals surface area contributed by atoms with Crippen LogP contribution in [0.15, 0.2) is 30.3 Å². The molecule has 2 fully saturated rings. The van der Waals surface area contributed by atoms with E-state index in [2.05, 4.69) is 40.1 Å². The summed E-state index contributed by atoms with van der Waals surface area (Å²) in [5.41, 5.74) is 1.34. The predicted octanol–water partition coefficient (Wildman–Crippen LogP) is 2.54. The van der Waals surface area contributed by atoms with E-state index in [4.69, 9.17) is 11.6 Å². The average molecular weight is 237 g/mol. The summed E-state index contributed by atoms with van der Waals surface area (Å²) >= 11 is 6.23. The zero-order valence-corrected chi connectivity index (χ0v) is 10.1. The molecule has 16 heavy (non-hydrogen) atoms. The van der Waals surface area contributed by atoms with Gasteiger partial charge in [-0.1, -0.05) is 18.2 Å². The summed E-state index contributed by atoms with van der Waals surface area (Å²) in [5, 5.41) is 0.386. The lowest BCUT2D eigenvalue weighted by Crippen LogP contribution is -2.39. The number of halogens is 1. The molecule has 3 rings (SSSR count). The Hall–Kier alpha value is -0.730. The summed E-state index contributed by atoms with van der Waals surface area (Å²) in [6.07, 6.45) is 2.28. The highest BCUT2D eigenvalue weighted by atomic mass is 35.5.